The van der Waals surface area contributed by atoms with E-state index in [1.54, 1.807) is 0 Å². The van der Waals surface area contributed by atoms with Gasteiger partial charge >= 0.3 is 5.97 Å². The molecule has 1 heterocycles. The molecule has 0 bridgehead atoms. The van der Waals surface area contributed by atoms with E-state index in [1.165, 1.54) is 0 Å². The maximum absolute atomic E-state index is 11.4. The molecule has 0 radical (unpaired) electrons. The lowest BCUT2D eigenvalue weighted by molar-refractivity contribution is -0.145. The van der Waals surface area contributed by atoms with Crippen LogP contribution in [0.15, 0.2) is 0 Å². The minimum atomic E-state index is -0.0837. The molecule has 0 aliphatic carbocycles. The van der Waals surface area contributed by atoms with Crippen molar-refractivity contribution in [3.05, 3.63) is 0 Å². The van der Waals surface area contributed by atoms with Crippen molar-refractivity contribution in [1.82, 2.24) is 4.90 Å². The van der Waals surface area contributed by atoms with Gasteiger partial charge in [0.25, 0.3) is 0 Å². The van der Waals surface area contributed by atoms with Crippen molar-refractivity contribution in [1.29, 1.82) is 0 Å². The lowest BCUT2D eigenvalue weighted by Crippen LogP contribution is -2.39. The summed E-state index contributed by atoms with van der Waals surface area (Å²) in [6.07, 6.45) is 4.24. The first-order valence-electron chi connectivity index (χ1n) is 6.34. The molecule has 1 fully saturated rings. The quantitative estimate of drug-likeness (QED) is 0.544. The number of nitrogens with two attached hydrogens (primary N) is 1. The highest BCUT2D eigenvalue weighted by Gasteiger charge is 2.20. The van der Waals surface area contributed by atoms with Gasteiger partial charge in [-0.2, -0.15) is 0 Å². The maximum atomic E-state index is 11.4. The summed E-state index contributed by atoms with van der Waals surface area (Å²) in [6.45, 7) is 5.82. The van der Waals surface area contributed by atoms with E-state index in [0.29, 0.717) is 19.1 Å². The van der Waals surface area contributed by atoms with Gasteiger partial charge < -0.3 is 10.5 Å². The summed E-state index contributed by atoms with van der Waals surface area (Å²) in [5.41, 5.74) is 5.62. The van der Waals surface area contributed by atoms with Crippen molar-refractivity contribution in [2.45, 2.75) is 32.6 Å². The number of carbonyl (C=O) groups is 1. The van der Waals surface area contributed by atoms with Crippen molar-refractivity contribution in [2.24, 2.45) is 11.7 Å². The van der Waals surface area contributed by atoms with Crippen molar-refractivity contribution < 1.29 is 9.53 Å². The van der Waals surface area contributed by atoms with Crippen LogP contribution in [0, 0.1) is 5.92 Å². The van der Waals surface area contributed by atoms with E-state index < -0.39 is 0 Å². The lowest BCUT2D eigenvalue weighted by atomic mass is 9.97. The molecule has 0 unspecified atom stereocenters. The molecule has 1 rings (SSSR count). The largest absolute Gasteiger partial charge is 0.465 e. The second-order valence-electron chi connectivity index (χ2n) is 4.53. The molecule has 4 nitrogen and oxygen atoms in total. The predicted octanol–water partition coefficient (Wildman–Crippen LogP) is 1.00. The summed E-state index contributed by atoms with van der Waals surface area (Å²) in [6, 6.07) is 0. The van der Waals surface area contributed by atoms with E-state index in [2.05, 4.69) is 11.8 Å². The van der Waals surface area contributed by atoms with Crippen LogP contribution in [0.3, 0.4) is 0 Å². The van der Waals surface area contributed by atoms with Gasteiger partial charge in [0.1, 0.15) is 0 Å². The molecule has 0 aromatic carbocycles. The third-order valence-corrected chi connectivity index (χ3v) is 3.15. The standard InChI is InChI=1S/C12H24N2O2/c1-2-3-8-16-12(15)10-14-6-4-11(9-13)5-7-14/h11H,2-10,13H2,1H3. The van der Waals surface area contributed by atoms with Crippen LogP contribution in [0.4, 0.5) is 0 Å². The highest BCUT2D eigenvalue weighted by Crippen LogP contribution is 2.15. The molecule has 94 valence electrons. The Labute approximate surface area is 98.1 Å². The molecule has 0 amide bonds. The smallest absolute Gasteiger partial charge is 0.320 e. The minimum Gasteiger partial charge on any atom is -0.465 e. The molecule has 4 heteroatoms. The molecule has 0 spiro atoms. The molecule has 0 aromatic heterocycles. The Bertz CT molecular complexity index is 201. The summed E-state index contributed by atoms with van der Waals surface area (Å²) < 4.78 is 5.13. The van der Waals surface area contributed by atoms with Crippen molar-refractivity contribution in [3.63, 3.8) is 0 Å². The number of esters is 1. The molecule has 1 saturated heterocycles. The predicted molar refractivity (Wildman–Crippen MR) is 64.1 cm³/mol. The van der Waals surface area contributed by atoms with E-state index in [0.717, 1.165) is 45.3 Å². The summed E-state index contributed by atoms with van der Waals surface area (Å²) in [4.78, 5) is 13.6. The summed E-state index contributed by atoms with van der Waals surface area (Å²) in [5, 5.41) is 0. The molecular weight excluding hydrogens is 204 g/mol. The molecule has 1 aliphatic rings. The molecule has 1 aliphatic heterocycles. The van der Waals surface area contributed by atoms with E-state index in [1.807, 2.05) is 0 Å². The number of unbranched alkanes of at least 4 members (excludes halogenated alkanes) is 1. The fourth-order valence-electron chi connectivity index (χ4n) is 1.94. The fourth-order valence-corrected chi connectivity index (χ4v) is 1.94. The molecule has 16 heavy (non-hydrogen) atoms. The third kappa shape index (κ3) is 4.94. The molecular formula is C12H24N2O2. The van der Waals surface area contributed by atoms with Gasteiger partial charge in [0, 0.05) is 0 Å². The molecule has 0 saturated carbocycles. The average molecular weight is 228 g/mol. The zero-order valence-corrected chi connectivity index (χ0v) is 10.3. The van der Waals surface area contributed by atoms with E-state index >= 15 is 0 Å². The number of piperidine rings is 1. The Morgan fingerprint density at radius 1 is 1.44 bits per heavy atom. The number of ether oxygens (including phenoxy) is 1. The van der Waals surface area contributed by atoms with Gasteiger partial charge in [-0.3, -0.25) is 9.69 Å². The summed E-state index contributed by atoms with van der Waals surface area (Å²) >= 11 is 0. The van der Waals surface area contributed by atoms with Crippen LogP contribution in [-0.4, -0.2) is 43.7 Å². The van der Waals surface area contributed by atoms with E-state index in [9.17, 15) is 4.79 Å². The zero-order valence-electron chi connectivity index (χ0n) is 10.3. The number of rotatable bonds is 6. The highest BCUT2D eigenvalue weighted by atomic mass is 16.5. The van der Waals surface area contributed by atoms with Gasteiger partial charge in [0.2, 0.25) is 0 Å². The average Bonchev–Trinajstić information content (AvgIpc) is 2.30. The SMILES string of the molecule is CCCCOC(=O)CN1CCC(CN)CC1. The monoisotopic (exact) mass is 228 g/mol. The second kappa shape index (κ2) is 7.63. The number of hydrogen-bond donors (Lipinski definition) is 1. The molecule has 2 N–H and O–H groups in total. The Hall–Kier alpha value is -0.610. The number of hydrogen-bond acceptors (Lipinski definition) is 4. The van der Waals surface area contributed by atoms with E-state index in [4.69, 9.17) is 10.5 Å². The third-order valence-electron chi connectivity index (χ3n) is 3.15. The summed E-state index contributed by atoms with van der Waals surface area (Å²) in [7, 11) is 0. The van der Waals surface area contributed by atoms with Gasteiger partial charge in [-0.05, 0) is 44.8 Å². The summed E-state index contributed by atoms with van der Waals surface area (Å²) in [5.74, 6) is 0.562. The number of likely N-dealkylation sites (tertiary alicyclic amines) is 1. The Morgan fingerprint density at radius 3 is 2.69 bits per heavy atom. The van der Waals surface area contributed by atoms with Gasteiger partial charge in [0.05, 0.1) is 13.2 Å². The first-order chi connectivity index (χ1) is 7.76. The van der Waals surface area contributed by atoms with Gasteiger partial charge in [-0.1, -0.05) is 13.3 Å². The van der Waals surface area contributed by atoms with Crippen molar-refractivity contribution in [2.75, 3.05) is 32.8 Å². The number of carbonyl (C=O) groups excluding carboxylic acids is 1. The van der Waals surface area contributed by atoms with Crippen molar-refractivity contribution >= 4 is 5.97 Å². The fraction of sp³-hybridized carbons (Fsp3) is 0.917. The highest BCUT2D eigenvalue weighted by molar-refractivity contribution is 5.71. The lowest BCUT2D eigenvalue weighted by Gasteiger charge is -2.30. The first kappa shape index (κ1) is 13.5. The van der Waals surface area contributed by atoms with Crippen LogP contribution in [0.1, 0.15) is 32.6 Å². The van der Waals surface area contributed by atoms with Crippen LogP contribution in [0.5, 0.6) is 0 Å². The first-order valence-corrected chi connectivity index (χ1v) is 6.34. The molecule has 0 atom stereocenters. The van der Waals surface area contributed by atoms with Gasteiger partial charge in [-0.15, -0.1) is 0 Å². The zero-order chi connectivity index (χ0) is 11.8. The Balaban J connectivity index is 2.10. The van der Waals surface area contributed by atoms with Crippen molar-refractivity contribution in [3.8, 4) is 0 Å². The minimum absolute atomic E-state index is 0.0837. The van der Waals surface area contributed by atoms with Crippen LogP contribution >= 0.6 is 0 Å². The van der Waals surface area contributed by atoms with Crippen LogP contribution in [-0.2, 0) is 9.53 Å². The van der Waals surface area contributed by atoms with E-state index in [-0.39, 0.29) is 5.97 Å². The van der Waals surface area contributed by atoms with Crippen LogP contribution < -0.4 is 5.73 Å². The van der Waals surface area contributed by atoms with Crippen LogP contribution in [0.25, 0.3) is 0 Å². The topological polar surface area (TPSA) is 55.6 Å². The van der Waals surface area contributed by atoms with Crippen LogP contribution in [0.2, 0.25) is 0 Å². The second-order valence-corrected chi connectivity index (χ2v) is 4.53. The van der Waals surface area contributed by atoms with Gasteiger partial charge in [-0.25, -0.2) is 0 Å². The molecule has 0 aromatic rings. The normalized spacial score (nSPS) is 18.6. The Kier molecular flexibility index (Phi) is 6.42. The Morgan fingerprint density at radius 2 is 2.12 bits per heavy atom. The maximum Gasteiger partial charge on any atom is 0.320 e. The van der Waals surface area contributed by atoms with Gasteiger partial charge in [0.15, 0.2) is 0 Å². The number of nitrogens with zero attached hydrogens (tertiary/aromatic N) is 1.